The van der Waals surface area contributed by atoms with Crippen molar-refractivity contribution in [3.8, 4) is 5.75 Å². The first-order valence-electron chi connectivity index (χ1n) is 9.86. The van der Waals surface area contributed by atoms with Crippen LogP contribution in [0, 0.1) is 5.82 Å². The van der Waals surface area contributed by atoms with Crippen molar-refractivity contribution in [3.05, 3.63) is 56.2 Å². The Morgan fingerprint density at radius 3 is 2.53 bits per heavy atom. The molecule has 0 unspecified atom stereocenters. The molecule has 0 spiro atoms. The second kappa shape index (κ2) is 7.91. The predicted molar refractivity (Wildman–Crippen MR) is 111 cm³/mol. The Kier molecular flexibility index (Phi) is 5.29. The summed E-state index contributed by atoms with van der Waals surface area (Å²) >= 11 is 0. The lowest BCUT2D eigenvalue weighted by molar-refractivity contribution is -0.0808. The Bertz CT molecular complexity index is 1250. The van der Waals surface area contributed by atoms with Gasteiger partial charge in [-0.25, -0.2) is 14.2 Å². The number of ether oxygens (including phenoxy) is 2. The van der Waals surface area contributed by atoms with Gasteiger partial charge in [0.05, 0.1) is 13.2 Å². The minimum atomic E-state index is -0.459. The van der Waals surface area contributed by atoms with Crippen LogP contribution in [0.1, 0.15) is 25.2 Å². The molecule has 0 amide bonds. The van der Waals surface area contributed by atoms with Crippen LogP contribution in [-0.2, 0) is 24.9 Å². The van der Waals surface area contributed by atoms with Crippen molar-refractivity contribution in [2.24, 2.45) is 7.05 Å². The van der Waals surface area contributed by atoms with Gasteiger partial charge in [0, 0.05) is 20.1 Å². The fourth-order valence-corrected chi connectivity index (χ4v) is 3.44. The van der Waals surface area contributed by atoms with E-state index in [-0.39, 0.29) is 29.6 Å². The third-order valence-electron chi connectivity index (χ3n) is 5.19. The molecule has 1 fully saturated rings. The molecule has 0 atom stereocenters. The summed E-state index contributed by atoms with van der Waals surface area (Å²) in [6, 6.07) is 4.69. The van der Waals surface area contributed by atoms with Crippen LogP contribution in [0.3, 0.4) is 0 Å². The van der Waals surface area contributed by atoms with Crippen LogP contribution in [0.5, 0.6) is 5.75 Å². The van der Waals surface area contributed by atoms with Crippen LogP contribution in [0.2, 0.25) is 0 Å². The highest BCUT2D eigenvalue weighted by Gasteiger charge is 2.21. The number of aromatic nitrogens is 4. The Labute approximate surface area is 171 Å². The number of rotatable bonds is 6. The first kappa shape index (κ1) is 20.1. The highest BCUT2D eigenvalue weighted by atomic mass is 19.1. The Balaban J connectivity index is 1.70. The Hall–Kier alpha value is -3.20. The third-order valence-corrected chi connectivity index (χ3v) is 5.19. The Morgan fingerprint density at radius 1 is 1.20 bits per heavy atom. The van der Waals surface area contributed by atoms with Crippen molar-refractivity contribution in [1.29, 1.82) is 0 Å². The number of nitrogens with zero attached hydrogens (tertiary/aromatic N) is 4. The van der Waals surface area contributed by atoms with E-state index in [1.165, 1.54) is 15.2 Å². The fraction of sp³-hybridized carbons (Fsp3) is 0.381. The van der Waals surface area contributed by atoms with E-state index in [9.17, 15) is 14.0 Å². The summed E-state index contributed by atoms with van der Waals surface area (Å²) in [5.74, 6) is 0.222. The molecule has 2 aromatic heterocycles. The highest BCUT2D eigenvalue weighted by molar-refractivity contribution is 5.76. The number of hydrogen-bond donors (Lipinski definition) is 0. The van der Waals surface area contributed by atoms with E-state index >= 15 is 0 Å². The third kappa shape index (κ3) is 3.35. The molecule has 30 heavy (non-hydrogen) atoms. The number of imidazole rings is 1. The largest absolute Gasteiger partial charge is 0.483 e. The smallest absolute Gasteiger partial charge is 0.332 e. The zero-order valence-electron chi connectivity index (χ0n) is 17.1. The molecule has 3 aromatic rings. The molecule has 8 nitrogen and oxygen atoms in total. The molecule has 3 heterocycles. The minimum Gasteiger partial charge on any atom is -0.483 e. The number of aryl methyl sites for hydroxylation is 2. The Morgan fingerprint density at radius 2 is 1.93 bits per heavy atom. The van der Waals surface area contributed by atoms with Gasteiger partial charge in [-0.05, 0) is 37.6 Å². The van der Waals surface area contributed by atoms with Gasteiger partial charge in [-0.1, -0.05) is 12.1 Å². The summed E-state index contributed by atoms with van der Waals surface area (Å²) in [6.45, 7) is 5.20. The lowest BCUT2D eigenvalue weighted by Gasteiger charge is -2.26. The molecule has 4 rings (SSSR count). The van der Waals surface area contributed by atoms with E-state index in [2.05, 4.69) is 4.98 Å². The van der Waals surface area contributed by atoms with E-state index in [0.29, 0.717) is 42.3 Å². The molecule has 0 radical (unpaired) electrons. The molecule has 0 saturated carbocycles. The van der Waals surface area contributed by atoms with Gasteiger partial charge >= 0.3 is 5.69 Å². The lowest BCUT2D eigenvalue weighted by atomic mass is 10.2. The molecule has 0 aliphatic carbocycles. The second-order valence-corrected chi connectivity index (χ2v) is 7.08. The maximum absolute atomic E-state index is 14.3. The maximum atomic E-state index is 14.3. The molecule has 1 aliphatic rings. The summed E-state index contributed by atoms with van der Waals surface area (Å²) in [5, 5.41) is 0. The van der Waals surface area contributed by atoms with Gasteiger partial charge in [-0.3, -0.25) is 13.9 Å². The standard InChI is InChI=1S/C21H23FN4O4/c1-4-25-19-18(20(27)26(5-2)21(25)28)24(3)17(23-19)9-7-13-6-8-16(15(22)10-13)30-14-11-29-12-14/h6-10,14H,4-5,11-12H2,1-3H3/b9-7+. The van der Waals surface area contributed by atoms with E-state index in [0.717, 1.165) is 0 Å². The van der Waals surface area contributed by atoms with Crippen LogP contribution in [0.15, 0.2) is 27.8 Å². The van der Waals surface area contributed by atoms with Crippen LogP contribution in [-0.4, -0.2) is 38.0 Å². The number of benzene rings is 1. The molecule has 1 aromatic carbocycles. The zero-order valence-corrected chi connectivity index (χ0v) is 17.1. The highest BCUT2D eigenvalue weighted by Crippen LogP contribution is 2.23. The van der Waals surface area contributed by atoms with Gasteiger partial charge in [0.25, 0.3) is 5.56 Å². The molecule has 158 valence electrons. The molecule has 1 saturated heterocycles. The van der Waals surface area contributed by atoms with Gasteiger partial charge in [0.15, 0.2) is 22.7 Å². The molecule has 0 bridgehead atoms. The monoisotopic (exact) mass is 414 g/mol. The quantitative estimate of drug-likeness (QED) is 0.617. The lowest BCUT2D eigenvalue weighted by Crippen LogP contribution is -2.39. The number of fused-ring (bicyclic) bond motifs is 1. The summed E-state index contributed by atoms with van der Waals surface area (Å²) in [7, 11) is 1.72. The van der Waals surface area contributed by atoms with Gasteiger partial charge in [-0.15, -0.1) is 0 Å². The van der Waals surface area contributed by atoms with E-state index in [4.69, 9.17) is 9.47 Å². The van der Waals surface area contributed by atoms with Gasteiger partial charge < -0.3 is 14.0 Å². The van der Waals surface area contributed by atoms with Gasteiger partial charge in [-0.2, -0.15) is 0 Å². The van der Waals surface area contributed by atoms with E-state index in [1.54, 1.807) is 42.8 Å². The molecule has 1 aliphatic heterocycles. The predicted octanol–water partition coefficient (Wildman–Crippen LogP) is 2.02. The second-order valence-electron chi connectivity index (χ2n) is 7.08. The molecule has 0 N–H and O–H groups in total. The van der Waals surface area contributed by atoms with Crippen molar-refractivity contribution in [2.45, 2.75) is 33.0 Å². The zero-order chi connectivity index (χ0) is 21.4. The first-order chi connectivity index (χ1) is 14.4. The number of halogens is 1. The van der Waals surface area contributed by atoms with Crippen molar-refractivity contribution < 1.29 is 13.9 Å². The van der Waals surface area contributed by atoms with Crippen LogP contribution in [0.25, 0.3) is 23.3 Å². The summed E-state index contributed by atoms with van der Waals surface area (Å²) in [4.78, 5) is 29.8. The molecular formula is C21H23FN4O4. The molecule has 9 heteroatoms. The molecular weight excluding hydrogens is 391 g/mol. The minimum absolute atomic E-state index is 0.107. The summed E-state index contributed by atoms with van der Waals surface area (Å²) in [5.41, 5.74) is 0.577. The summed E-state index contributed by atoms with van der Waals surface area (Å²) in [6.07, 6.45) is 3.28. The number of hydrogen-bond acceptors (Lipinski definition) is 5. The van der Waals surface area contributed by atoms with Crippen molar-refractivity contribution in [2.75, 3.05) is 13.2 Å². The average molecular weight is 414 g/mol. The normalized spacial score (nSPS) is 14.5. The van der Waals surface area contributed by atoms with Crippen molar-refractivity contribution in [1.82, 2.24) is 18.7 Å². The maximum Gasteiger partial charge on any atom is 0.332 e. The average Bonchev–Trinajstić information content (AvgIpc) is 3.01. The topological polar surface area (TPSA) is 80.3 Å². The van der Waals surface area contributed by atoms with Gasteiger partial charge in [0.1, 0.15) is 11.9 Å². The van der Waals surface area contributed by atoms with Crippen LogP contribution < -0.4 is 16.0 Å². The SMILES string of the molecule is CCn1c(=O)c2c(nc(/C=C/c3ccc(OC4COC4)c(F)c3)n2C)n(CC)c1=O. The first-order valence-corrected chi connectivity index (χ1v) is 9.86. The van der Waals surface area contributed by atoms with Crippen LogP contribution >= 0.6 is 0 Å². The van der Waals surface area contributed by atoms with Crippen LogP contribution in [0.4, 0.5) is 4.39 Å². The van der Waals surface area contributed by atoms with E-state index < -0.39 is 5.82 Å². The van der Waals surface area contributed by atoms with Crippen molar-refractivity contribution >= 4 is 23.3 Å². The van der Waals surface area contributed by atoms with E-state index in [1.807, 2.05) is 6.92 Å². The summed E-state index contributed by atoms with van der Waals surface area (Å²) < 4.78 is 29.2. The fourth-order valence-electron chi connectivity index (χ4n) is 3.44. The van der Waals surface area contributed by atoms with Crippen molar-refractivity contribution in [3.63, 3.8) is 0 Å². The van der Waals surface area contributed by atoms with Gasteiger partial charge in [0.2, 0.25) is 0 Å².